The fraction of sp³-hybridized carbons (Fsp3) is 0.172. The van der Waals surface area contributed by atoms with Crippen molar-refractivity contribution in [2.24, 2.45) is 7.05 Å². The summed E-state index contributed by atoms with van der Waals surface area (Å²) in [6.45, 7) is 2.43. The van der Waals surface area contributed by atoms with Crippen LogP contribution in [0.25, 0.3) is 11.0 Å². The van der Waals surface area contributed by atoms with Crippen molar-refractivity contribution in [1.82, 2.24) is 9.55 Å². The Hall–Kier alpha value is -4.32. The van der Waals surface area contributed by atoms with Gasteiger partial charge in [-0.15, -0.1) is 0 Å². The Balaban J connectivity index is 1.25. The highest BCUT2D eigenvalue weighted by atomic mass is 16.5. The van der Waals surface area contributed by atoms with Gasteiger partial charge in [-0.05, 0) is 68.3 Å². The van der Waals surface area contributed by atoms with Crippen molar-refractivity contribution in [3.63, 3.8) is 0 Å². The highest BCUT2D eigenvalue weighted by Crippen LogP contribution is 2.27. The summed E-state index contributed by atoms with van der Waals surface area (Å²) in [6.07, 6.45) is 7.72. The van der Waals surface area contributed by atoms with E-state index in [1.54, 1.807) is 0 Å². The van der Waals surface area contributed by atoms with Crippen LogP contribution in [0.1, 0.15) is 24.2 Å². The summed E-state index contributed by atoms with van der Waals surface area (Å²) in [7, 11) is 1.97. The van der Waals surface area contributed by atoms with Crippen molar-refractivity contribution in [2.45, 2.75) is 26.4 Å². The second kappa shape index (κ2) is 9.89. The lowest BCUT2D eigenvalue weighted by Gasteiger charge is -2.10. The molecule has 0 spiro atoms. The molecule has 1 N–H and O–H groups in total. The topological polar surface area (TPSA) is 65.4 Å². The molecule has 0 radical (unpaired) electrons. The molecule has 1 aliphatic rings. The number of amides is 1. The summed E-state index contributed by atoms with van der Waals surface area (Å²) in [5, 5.41) is 2.93. The van der Waals surface area contributed by atoms with Crippen molar-refractivity contribution >= 4 is 22.6 Å². The zero-order valence-electron chi connectivity index (χ0n) is 19.8. The predicted octanol–water partition coefficient (Wildman–Crippen LogP) is 6.47. The monoisotopic (exact) mass is 465 g/mol. The minimum atomic E-state index is -0.0987. The van der Waals surface area contributed by atoms with Crippen molar-refractivity contribution in [3.05, 3.63) is 102 Å². The van der Waals surface area contributed by atoms with Crippen LogP contribution in [0.15, 0.2) is 90.5 Å². The first-order valence-electron chi connectivity index (χ1n) is 11.7. The van der Waals surface area contributed by atoms with Gasteiger partial charge >= 0.3 is 0 Å². The molecule has 35 heavy (non-hydrogen) atoms. The van der Waals surface area contributed by atoms with E-state index in [9.17, 15) is 4.79 Å². The van der Waals surface area contributed by atoms with Gasteiger partial charge in [0.15, 0.2) is 0 Å². The fourth-order valence-corrected chi connectivity index (χ4v) is 3.92. The van der Waals surface area contributed by atoms with Gasteiger partial charge in [0.1, 0.15) is 29.7 Å². The minimum Gasteiger partial charge on any atom is -0.486 e. The van der Waals surface area contributed by atoms with Crippen LogP contribution < -0.4 is 14.8 Å². The molecular formula is C29H27N3O3. The van der Waals surface area contributed by atoms with Gasteiger partial charge in [-0.3, -0.25) is 4.79 Å². The first-order chi connectivity index (χ1) is 17.0. The van der Waals surface area contributed by atoms with Crippen LogP contribution >= 0.6 is 0 Å². The van der Waals surface area contributed by atoms with Crippen LogP contribution in [-0.4, -0.2) is 15.5 Å². The molecule has 6 nitrogen and oxygen atoms in total. The zero-order chi connectivity index (χ0) is 24.2. The number of ether oxygens (including phenoxy) is 2. The van der Waals surface area contributed by atoms with E-state index in [1.807, 2.05) is 96.6 Å². The molecule has 0 unspecified atom stereocenters. The molecule has 0 atom stereocenters. The number of nitrogens with one attached hydrogen (secondary N) is 1. The second-order valence-corrected chi connectivity index (χ2v) is 8.56. The lowest BCUT2D eigenvalue weighted by atomic mass is 10.1. The average molecular weight is 466 g/mol. The van der Waals surface area contributed by atoms with Crippen molar-refractivity contribution < 1.29 is 14.3 Å². The van der Waals surface area contributed by atoms with Gasteiger partial charge in [0.25, 0.3) is 5.91 Å². The molecule has 0 aliphatic heterocycles. The smallest absolute Gasteiger partial charge is 0.255 e. The fourth-order valence-electron chi connectivity index (χ4n) is 3.92. The molecule has 1 aromatic heterocycles. The van der Waals surface area contributed by atoms with Crippen LogP contribution in [-0.2, 0) is 18.4 Å². The molecule has 1 amide bonds. The van der Waals surface area contributed by atoms with Crippen molar-refractivity contribution in [2.75, 3.05) is 5.32 Å². The van der Waals surface area contributed by atoms with Crippen LogP contribution in [0, 0.1) is 6.92 Å². The maximum Gasteiger partial charge on any atom is 0.255 e. The Morgan fingerprint density at radius 1 is 0.971 bits per heavy atom. The number of anilines is 1. The molecule has 5 rings (SSSR count). The zero-order valence-corrected chi connectivity index (χ0v) is 19.8. The number of allylic oxidation sites excluding steroid dienone is 2. The summed E-state index contributed by atoms with van der Waals surface area (Å²) in [5.41, 5.74) is 4.46. The Morgan fingerprint density at radius 2 is 1.71 bits per heavy atom. The van der Waals surface area contributed by atoms with Gasteiger partial charge in [-0.1, -0.05) is 35.9 Å². The Kier molecular flexibility index (Phi) is 6.35. The second-order valence-electron chi connectivity index (χ2n) is 8.56. The molecule has 0 saturated heterocycles. The highest BCUT2D eigenvalue weighted by Gasteiger charge is 2.11. The lowest BCUT2D eigenvalue weighted by molar-refractivity contribution is -0.112. The molecule has 0 bridgehead atoms. The molecule has 1 heterocycles. The van der Waals surface area contributed by atoms with Crippen molar-refractivity contribution in [1.29, 1.82) is 0 Å². The summed E-state index contributed by atoms with van der Waals surface area (Å²) in [5.74, 6) is 2.95. The minimum absolute atomic E-state index is 0.0987. The van der Waals surface area contributed by atoms with Gasteiger partial charge in [0, 0.05) is 24.4 Å². The molecule has 0 saturated carbocycles. The summed E-state index contributed by atoms with van der Waals surface area (Å²) in [6, 6.07) is 21.2. The number of hydrogen-bond donors (Lipinski definition) is 1. The number of aromatic nitrogens is 2. The van der Waals surface area contributed by atoms with Crippen LogP contribution in [0.5, 0.6) is 17.2 Å². The molecule has 176 valence electrons. The summed E-state index contributed by atoms with van der Waals surface area (Å²) >= 11 is 0. The molecule has 3 aromatic carbocycles. The number of carbonyl (C=O) groups is 1. The van der Waals surface area contributed by atoms with E-state index in [1.165, 1.54) is 5.56 Å². The number of imidazole rings is 1. The molecule has 0 fully saturated rings. The van der Waals surface area contributed by atoms with Gasteiger partial charge in [-0.2, -0.15) is 0 Å². The average Bonchev–Trinajstić information content (AvgIpc) is 3.20. The van der Waals surface area contributed by atoms with Gasteiger partial charge in [-0.25, -0.2) is 4.98 Å². The van der Waals surface area contributed by atoms with Crippen molar-refractivity contribution in [3.8, 4) is 17.2 Å². The number of fused-ring (bicyclic) bond motifs is 1. The highest BCUT2D eigenvalue weighted by molar-refractivity contribution is 6.05. The van der Waals surface area contributed by atoms with Gasteiger partial charge in [0.2, 0.25) is 0 Å². The third-order valence-electron chi connectivity index (χ3n) is 5.94. The Bertz CT molecular complexity index is 1410. The first kappa shape index (κ1) is 22.5. The van der Waals surface area contributed by atoms with Crippen LogP contribution in [0.2, 0.25) is 0 Å². The third-order valence-corrected chi connectivity index (χ3v) is 5.94. The summed E-state index contributed by atoms with van der Waals surface area (Å²) in [4.78, 5) is 17.1. The van der Waals surface area contributed by atoms with E-state index in [0.717, 1.165) is 41.1 Å². The van der Waals surface area contributed by atoms with E-state index in [2.05, 4.69) is 12.2 Å². The maximum atomic E-state index is 12.4. The number of benzene rings is 3. The third kappa shape index (κ3) is 5.27. The van der Waals surface area contributed by atoms with E-state index >= 15 is 0 Å². The van der Waals surface area contributed by atoms with E-state index < -0.39 is 0 Å². The lowest BCUT2D eigenvalue weighted by Crippen LogP contribution is -2.13. The Morgan fingerprint density at radius 3 is 2.46 bits per heavy atom. The number of nitrogens with zero attached hydrogens (tertiary/aromatic N) is 2. The Labute approximate surface area is 204 Å². The number of aryl methyl sites for hydroxylation is 2. The maximum absolute atomic E-state index is 12.4. The normalized spacial score (nSPS) is 12.9. The van der Waals surface area contributed by atoms with E-state index in [-0.39, 0.29) is 5.91 Å². The van der Waals surface area contributed by atoms with E-state index in [0.29, 0.717) is 23.7 Å². The first-order valence-corrected chi connectivity index (χ1v) is 11.7. The molecule has 4 aromatic rings. The summed E-state index contributed by atoms with van der Waals surface area (Å²) < 4.78 is 14.0. The van der Waals surface area contributed by atoms with Crippen LogP contribution in [0.4, 0.5) is 5.69 Å². The number of rotatable bonds is 7. The van der Waals surface area contributed by atoms with Gasteiger partial charge < -0.3 is 19.4 Å². The molecule has 6 heteroatoms. The van der Waals surface area contributed by atoms with Gasteiger partial charge in [0.05, 0.1) is 11.0 Å². The van der Waals surface area contributed by atoms with E-state index in [4.69, 9.17) is 14.5 Å². The number of hydrogen-bond acceptors (Lipinski definition) is 4. The molecule has 1 aliphatic carbocycles. The molecular weight excluding hydrogens is 438 g/mol. The van der Waals surface area contributed by atoms with Crippen LogP contribution in [0.3, 0.4) is 0 Å². The predicted molar refractivity (Wildman–Crippen MR) is 138 cm³/mol. The number of carbonyl (C=O) groups excluding carboxylic acids is 1. The standard InChI is InChI=1S/C29H27N3O3/c1-20-8-12-23(13-9-20)34-19-28-31-26-17-16-25(18-27(26)32(28)2)35-24-14-10-22(11-15-24)30-29(33)21-6-4-3-5-7-21/h4,6-18H,3,5,19H2,1-2H3,(H,30,33). The SMILES string of the molecule is Cc1ccc(OCc2nc3ccc(Oc4ccc(NC(=O)C5=CCCC=C5)cc4)cc3n2C)cc1. The largest absolute Gasteiger partial charge is 0.486 e. The quantitative estimate of drug-likeness (QED) is 0.340.